The van der Waals surface area contributed by atoms with Crippen LogP contribution in [-0.2, 0) is 12.8 Å². The Bertz CT molecular complexity index is 505. The third-order valence-corrected chi connectivity index (χ3v) is 3.80. The van der Waals surface area contributed by atoms with Gasteiger partial charge in [0.1, 0.15) is 5.75 Å². The molecule has 0 aliphatic heterocycles. The third kappa shape index (κ3) is 2.50. The van der Waals surface area contributed by atoms with Gasteiger partial charge in [0.05, 0.1) is 17.8 Å². The molecule has 17 heavy (non-hydrogen) atoms. The molecule has 1 heterocycles. The molecule has 0 N–H and O–H groups in total. The van der Waals surface area contributed by atoms with Crippen LogP contribution in [0.25, 0.3) is 11.3 Å². The Labute approximate surface area is 106 Å². The van der Waals surface area contributed by atoms with Crippen LogP contribution in [0, 0.1) is 0 Å². The number of hydrogen-bond acceptors (Lipinski definition) is 3. The minimum absolute atomic E-state index is 0.960. The highest BCUT2D eigenvalue weighted by Crippen LogP contribution is 2.28. The van der Waals surface area contributed by atoms with Crippen LogP contribution in [0.2, 0.25) is 0 Å². The van der Waals surface area contributed by atoms with Crippen LogP contribution in [0.5, 0.6) is 5.75 Å². The minimum Gasteiger partial charge on any atom is -0.496 e. The maximum Gasteiger partial charge on any atom is 0.122 e. The summed E-state index contributed by atoms with van der Waals surface area (Å²) < 4.78 is 5.34. The van der Waals surface area contributed by atoms with E-state index < -0.39 is 0 Å². The largest absolute Gasteiger partial charge is 0.496 e. The van der Waals surface area contributed by atoms with Crippen molar-refractivity contribution in [3.8, 4) is 17.0 Å². The molecule has 0 saturated heterocycles. The first-order chi connectivity index (χ1) is 8.28. The van der Waals surface area contributed by atoms with Crippen molar-refractivity contribution < 1.29 is 4.74 Å². The lowest BCUT2D eigenvalue weighted by molar-refractivity contribution is 0.410. The number of methoxy groups -OCH3 is 1. The number of ether oxygens (including phenoxy) is 1. The van der Waals surface area contributed by atoms with Crippen LogP contribution in [0.4, 0.5) is 0 Å². The fourth-order valence-electron chi connectivity index (χ4n) is 1.82. The molecule has 0 radical (unpaired) electrons. The zero-order chi connectivity index (χ0) is 12.3. The van der Waals surface area contributed by atoms with Crippen molar-refractivity contribution >= 4 is 11.3 Å². The number of aromatic nitrogens is 1. The van der Waals surface area contributed by atoms with Crippen molar-refractivity contribution in [2.24, 2.45) is 0 Å². The Hall–Kier alpha value is -1.35. The SMILES string of the molecule is CCc1nc(-c2ccc(OC)c(CC)c2)cs1. The Morgan fingerprint density at radius 1 is 1.24 bits per heavy atom. The molecule has 0 aliphatic carbocycles. The summed E-state index contributed by atoms with van der Waals surface area (Å²) >= 11 is 1.73. The molecule has 0 saturated carbocycles. The van der Waals surface area contributed by atoms with Gasteiger partial charge >= 0.3 is 0 Å². The van der Waals surface area contributed by atoms with Crippen molar-refractivity contribution in [1.29, 1.82) is 0 Å². The number of aryl methyl sites for hydroxylation is 2. The van der Waals surface area contributed by atoms with Gasteiger partial charge in [-0.25, -0.2) is 4.98 Å². The Morgan fingerprint density at radius 3 is 2.65 bits per heavy atom. The topological polar surface area (TPSA) is 22.1 Å². The molecule has 90 valence electrons. The van der Waals surface area contributed by atoms with E-state index in [4.69, 9.17) is 4.74 Å². The summed E-state index contributed by atoms with van der Waals surface area (Å²) in [4.78, 5) is 4.61. The molecule has 0 aliphatic rings. The zero-order valence-electron chi connectivity index (χ0n) is 10.5. The highest BCUT2D eigenvalue weighted by atomic mass is 32.1. The van der Waals surface area contributed by atoms with E-state index in [1.165, 1.54) is 16.1 Å². The fraction of sp³-hybridized carbons (Fsp3) is 0.357. The summed E-state index contributed by atoms with van der Waals surface area (Å²) in [6.45, 7) is 4.27. The fourth-order valence-corrected chi connectivity index (χ4v) is 2.57. The lowest BCUT2D eigenvalue weighted by Gasteiger charge is -2.07. The maximum atomic E-state index is 5.34. The van der Waals surface area contributed by atoms with Gasteiger partial charge in [-0.05, 0) is 36.6 Å². The first kappa shape index (κ1) is 12.1. The van der Waals surface area contributed by atoms with Gasteiger partial charge in [-0.1, -0.05) is 13.8 Å². The molecule has 2 rings (SSSR count). The van der Waals surface area contributed by atoms with Gasteiger partial charge in [0.15, 0.2) is 0 Å². The molecule has 1 aromatic heterocycles. The summed E-state index contributed by atoms with van der Waals surface area (Å²) in [7, 11) is 1.71. The van der Waals surface area contributed by atoms with Crippen LogP contribution in [0.3, 0.4) is 0 Å². The summed E-state index contributed by atoms with van der Waals surface area (Å²) in [5.41, 5.74) is 3.49. The molecular formula is C14H17NOS. The second kappa shape index (κ2) is 5.32. The van der Waals surface area contributed by atoms with Crippen molar-refractivity contribution in [1.82, 2.24) is 4.98 Å². The van der Waals surface area contributed by atoms with Crippen LogP contribution >= 0.6 is 11.3 Å². The van der Waals surface area contributed by atoms with E-state index in [0.29, 0.717) is 0 Å². The van der Waals surface area contributed by atoms with E-state index in [0.717, 1.165) is 24.3 Å². The van der Waals surface area contributed by atoms with Crippen molar-refractivity contribution in [3.63, 3.8) is 0 Å². The smallest absolute Gasteiger partial charge is 0.122 e. The highest BCUT2D eigenvalue weighted by molar-refractivity contribution is 7.09. The minimum atomic E-state index is 0.960. The second-order valence-corrected chi connectivity index (χ2v) is 4.80. The summed E-state index contributed by atoms with van der Waals surface area (Å²) in [6, 6.07) is 6.28. The van der Waals surface area contributed by atoms with Gasteiger partial charge in [-0.15, -0.1) is 11.3 Å². The average Bonchev–Trinajstić information content (AvgIpc) is 2.86. The first-order valence-electron chi connectivity index (χ1n) is 5.90. The standard InChI is InChI=1S/C14H17NOS/c1-4-10-8-11(6-7-13(10)16-3)12-9-17-14(5-2)15-12/h6-9H,4-5H2,1-3H3. The lowest BCUT2D eigenvalue weighted by atomic mass is 10.1. The van der Waals surface area contributed by atoms with Crippen molar-refractivity contribution in [3.05, 3.63) is 34.2 Å². The predicted molar refractivity (Wildman–Crippen MR) is 72.9 cm³/mol. The summed E-state index contributed by atoms with van der Waals surface area (Å²) in [5.74, 6) is 0.960. The Balaban J connectivity index is 2.38. The molecule has 0 fully saturated rings. The van der Waals surface area contributed by atoms with Gasteiger partial charge in [0, 0.05) is 10.9 Å². The normalized spacial score (nSPS) is 10.5. The average molecular weight is 247 g/mol. The predicted octanol–water partition coefficient (Wildman–Crippen LogP) is 3.94. The van der Waals surface area contributed by atoms with E-state index >= 15 is 0 Å². The molecule has 1 aromatic carbocycles. The Morgan fingerprint density at radius 2 is 2.06 bits per heavy atom. The van der Waals surface area contributed by atoms with Gasteiger partial charge in [0.2, 0.25) is 0 Å². The number of hydrogen-bond donors (Lipinski definition) is 0. The second-order valence-electron chi connectivity index (χ2n) is 3.86. The summed E-state index contributed by atoms with van der Waals surface area (Å²) in [6.07, 6.45) is 1.98. The van der Waals surface area contributed by atoms with Crippen LogP contribution in [-0.4, -0.2) is 12.1 Å². The van der Waals surface area contributed by atoms with Crippen molar-refractivity contribution in [2.75, 3.05) is 7.11 Å². The van der Waals surface area contributed by atoms with Gasteiger partial charge in [-0.3, -0.25) is 0 Å². The molecule has 2 aromatic rings. The van der Waals surface area contributed by atoms with E-state index in [2.05, 4.69) is 36.3 Å². The summed E-state index contributed by atoms with van der Waals surface area (Å²) in [5, 5.41) is 3.31. The van der Waals surface area contributed by atoms with Crippen LogP contribution in [0.1, 0.15) is 24.4 Å². The van der Waals surface area contributed by atoms with Crippen LogP contribution < -0.4 is 4.74 Å². The number of rotatable bonds is 4. The molecule has 0 amide bonds. The van der Waals surface area contributed by atoms with Crippen molar-refractivity contribution in [2.45, 2.75) is 26.7 Å². The molecule has 2 nitrogen and oxygen atoms in total. The molecule has 3 heteroatoms. The van der Waals surface area contributed by atoms with E-state index in [-0.39, 0.29) is 0 Å². The number of thiazole rings is 1. The molecule has 0 bridgehead atoms. The van der Waals surface area contributed by atoms with E-state index in [1.54, 1.807) is 18.4 Å². The lowest BCUT2D eigenvalue weighted by Crippen LogP contribution is -1.91. The van der Waals surface area contributed by atoms with Gasteiger partial charge < -0.3 is 4.74 Å². The molecule has 0 unspecified atom stereocenters. The molecule has 0 spiro atoms. The maximum absolute atomic E-state index is 5.34. The highest BCUT2D eigenvalue weighted by Gasteiger charge is 2.07. The Kier molecular flexibility index (Phi) is 3.79. The van der Waals surface area contributed by atoms with Crippen LogP contribution in [0.15, 0.2) is 23.6 Å². The first-order valence-corrected chi connectivity index (χ1v) is 6.78. The number of nitrogens with zero attached hydrogens (tertiary/aromatic N) is 1. The van der Waals surface area contributed by atoms with E-state index in [1.807, 2.05) is 6.07 Å². The van der Waals surface area contributed by atoms with E-state index in [9.17, 15) is 0 Å². The third-order valence-electron chi connectivity index (χ3n) is 2.81. The monoisotopic (exact) mass is 247 g/mol. The zero-order valence-corrected chi connectivity index (χ0v) is 11.3. The molecular weight excluding hydrogens is 230 g/mol. The number of benzene rings is 1. The quantitative estimate of drug-likeness (QED) is 0.816. The molecule has 0 atom stereocenters. The van der Waals surface area contributed by atoms with Gasteiger partial charge in [-0.2, -0.15) is 0 Å². The van der Waals surface area contributed by atoms with Gasteiger partial charge in [0.25, 0.3) is 0 Å².